The standard InChI is InChI=1S/C24H25N3O4/c1-2-31-19-9-7-8-18(16-19)17-24(28)26-15-6-5-14-25(26)22-12-13-23(27(29)30)21-11-4-3-10-20(21)22/h3-4,7-13,16H,2,5-6,14-15,17H2,1H3. The molecule has 0 bridgehead atoms. The van der Waals surface area contributed by atoms with Crippen molar-refractivity contribution in [2.24, 2.45) is 0 Å². The predicted octanol–water partition coefficient (Wildman–Crippen LogP) is 4.73. The van der Waals surface area contributed by atoms with Crippen LogP contribution in [0.25, 0.3) is 10.8 Å². The summed E-state index contributed by atoms with van der Waals surface area (Å²) in [5, 5.41) is 16.6. The Hall–Kier alpha value is -3.61. The second-order valence-corrected chi connectivity index (χ2v) is 7.51. The summed E-state index contributed by atoms with van der Waals surface area (Å²) in [5.41, 5.74) is 1.79. The van der Waals surface area contributed by atoms with Gasteiger partial charge < -0.3 is 4.74 Å². The molecule has 160 valence electrons. The maximum absolute atomic E-state index is 13.3. The van der Waals surface area contributed by atoms with E-state index >= 15 is 0 Å². The molecule has 7 heteroatoms. The largest absolute Gasteiger partial charge is 0.494 e. The summed E-state index contributed by atoms with van der Waals surface area (Å²) < 4.78 is 5.55. The molecule has 3 aromatic carbocycles. The average molecular weight is 419 g/mol. The second-order valence-electron chi connectivity index (χ2n) is 7.51. The summed E-state index contributed by atoms with van der Waals surface area (Å²) in [4.78, 5) is 24.4. The Morgan fingerprint density at radius 3 is 2.58 bits per heavy atom. The molecule has 31 heavy (non-hydrogen) atoms. The summed E-state index contributed by atoms with van der Waals surface area (Å²) in [6.45, 7) is 3.81. The number of nitrogens with zero attached hydrogens (tertiary/aromatic N) is 3. The molecule has 0 saturated carbocycles. The van der Waals surface area contributed by atoms with Gasteiger partial charge in [-0.25, -0.2) is 0 Å². The Morgan fingerprint density at radius 2 is 1.81 bits per heavy atom. The van der Waals surface area contributed by atoms with Crippen molar-refractivity contribution in [3.63, 3.8) is 0 Å². The van der Waals surface area contributed by atoms with Crippen molar-refractivity contribution in [3.8, 4) is 5.75 Å². The quantitative estimate of drug-likeness (QED) is 0.426. The van der Waals surface area contributed by atoms with Crippen LogP contribution < -0.4 is 9.75 Å². The molecule has 1 saturated heterocycles. The van der Waals surface area contributed by atoms with E-state index in [1.807, 2.05) is 48.3 Å². The molecule has 0 N–H and O–H groups in total. The SMILES string of the molecule is CCOc1cccc(CC(=O)N2CCCCN2c2ccc([N+](=O)[O-])c3ccccc23)c1. The van der Waals surface area contributed by atoms with E-state index in [9.17, 15) is 14.9 Å². The summed E-state index contributed by atoms with van der Waals surface area (Å²) in [6.07, 6.45) is 2.14. The maximum Gasteiger partial charge on any atom is 0.277 e. The highest BCUT2D eigenvalue weighted by Gasteiger charge is 2.27. The second kappa shape index (κ2) is 9.04. The van der Waals surface area contributed by atoms with Gasteiger partial charge in [-0.1, -0.05) is 30.3 Å². The lowest BCUT2D eigenvalue weighted by atomic mass is 10.1. The van der Waals surface area contributed by atoms with Crippen molar-refractivity contribution in [2.75, 3.05) is 24.7 Å². The predicted molar refractivity (Wildman–Crippen MR) is 120 cm³/mol. The Balaban J connectivity index is 1.65. The number of carbonyl (C=O) groups excluding carboxylic acids is 1. The fourth-order valence-electron chi connectivity index (χ4n) is 4.10. The van der Waals surface area contributed by atoms with E-state index in [4.69, 9.17) is 4.74 Å². The Labute approximate surface area is 181 Å². The number of nitro benzene ring substituents is 1. The van der Waals surface area contributed by atoms with Gasteiger partial charge >= 0.3 is 0 Å². The highest BCUT2D eigenvalue weighted by Crippen LogP contribution is 2.35. The molecular weight excluding hydrogens is 394 g/mol. The van der Waals surface area contributed by atoms with Crippen molar-refractivity contribution >= 4 is 28.1 Å². The lowest BCUT2D eigenvalue weighted by Crippen LogP contribution is -2.51. The first kappa shape index (κ1) is 20.7. The molecule has 1 fully saturated rings. The number of fused-ring (bicyclic) bond motifs is 1. The van der Waals surface area contributed by atoms with Gasteiger partial charge in [-0.3, -0.25) is 24.9 Å². The van der Waals surface area contributed by atoms with Gasteiger partial charge in [0.2, 0.25) is 5.91 Å². The number of non-ortho nitro benzene ring substituents is 1. The molecule has 0 aliphatic carbocycles. The minimum absolute atomic E-state index is 0.00391. The monoisotopic (exact) mass is 419 g/mol. The number of hydrogen-bond donors (Lipinski definition) is 0. The third-order valence-corrected chi connectivity index (χ3v) is 5.49. The highest BCUT2D eigenvalue weighted by atomic mass is 16.6. The number of rotatable bonds is 6. The lowest BCUT2D eigenvalue weighted by Gasteiger charge is -2.40. The van der Waals surface area contributed by atoms with Gasteiger partial charge in [-0.05, 0) is 49.6 Å². The van der Waals surface area contributed by atoms with Gasteiger partial charge in [0.05, 0.1) is 29.0 Å². The Bertz CT molecular complexity index is 1110. The minimum Gasteiger partial charge on any atom is -0.494 e. The topological polar surface area (TPSA) is 75.9 Å². The van der Waals surface area contributed by atoms with Crippen molar-refractivity contribution in [1.29, 1.82) is 0 Å². The lowest BCUT2D eigenvalue weighted by molar-refractivity contribution is -0.383. The Morgan fingerprint density at radius 1 is 1.03 bits per heavy atom. The van der Waals surface area contributed by atoms with Gasteiger partial charge in [0.1, 0.15) is 5.75 Å². The summed E-state index contributed by atoms with van der Waals surface area (Å²) >= 11 is 0. The third-order valence-electron chi connectivity index (χ3n) is 5.49. The number of hydrazine groups is 1. The number of hydrogen-bond acceptors (Lipinski definition) is 5. The van der Waals surface area contributed by atoms with Crippen LogP contribution in [0.1, 0.15) is 25.3 Å². The first-order chi connectivity index (χ1) is 15.1. The van der Waals surface area contributed by atoms with Crippen LogP contribution in [-0.4, -0.2) is 35.5 Å². The molecule has 1 aliphatic rings. The molecule has 3 aromatic rings. The highest BCUT2D eigenvalue weighted by molar-refractivity contribution is 6.00. The van der Waals surface area contributed by atoms with Crippen LogP contribution in [0, 0.1) is 10.1 Å². The van der Waals surface area contributed by atoms with E-state index in [0.717, 1.165) is 35.2 Å². The average Bonchev–Trinajstić information content (AvgIpc) is 2.78. The van der Waals surface area contributed by atoms with Crippen molar-refractivity contribution < 1.29 is 14.5 Å². The molecular formula is C24H25N3O4. The van der Waals surface area contributed by atoms with Crippen LogP contribution in [0.2, 0.25) is 0 Å². The zero-order valence-corrected chi connectivity index (χ0v) is 17.5. The smallest absolute Gasteiger partial charge is 0.277 e. The van der Waals surface area contributed by atoms with Gasteiger partial charge in [-0.15, -0.1) is 0 Å². The number of anilines is 1. The van der Waals surface area contributed by atoms with E-state index in [1.165, 1.54) is 6.07 Å². The van der Waals surface area contributed by atoms with Crippen LogP contribution in [-0.2, 0) is 11.2 Å². The third kappa shape index (κ3) is 4.30. The number of amides is 1. The first-order valence-corrected chi connectivity index (χ1v) is 10.5. The Kier molecular flexibility index (Phi) is 6.02. The fourth-order valence-corrected chi connectivity index (χ4v) is 4.10. The number of ether oxygens (including phenoxy) is 1. The number of nitro groups is 1. The first-order valence-electron chi connectivity index (χ1n) is 10.5. The summed E-state index contributed by atoms with van der Waals surface area (Å²) in [6, 6.07) is 18.2. The number of benzene rings is 3. The van der Waals surface area contributed by atoms with Gasteiger partial charge in [0.15, 0.2) is 0 Å². The van der Waals surface area contributed by atoms with Gasteiger partial charge in [0, 0.05) is 24.5 Å². The van der Waals surface area contributed by atoms with Crippen LogP contribution in [0.15, 0.2) is 60.7 Å². The molecule has 0 unspecified atom stereocenters. The summed E-state index contributed by atoms with van der Waals surface area (Å²) in [5.74, 6) is 0.750. The number of carbonyl (C=O) groups is 1. The van der Waals surface area contributed by atoms with Crippen molar-refractivity contribution in [2.45, 2.75) is 26.2 Å². The molecule has 0 atom stereocenters. The zero-order chi connectivity index (χ0) is 21.8. The van der Waals surface area contributed by atoms with Crippen LogP contribution >= 0.6 is 0 Å². The van der Waals surface area contributed by atoms with E-state index in [2.05, 4.69) is 0 Å². The van der Waals surface area contributed by atoms with E-state index in [-0.39, 0.29) is 22.9 Å². The van der Waals surface area contributed by atoms with Gasteiger partial charge in [-0.2, -0.15) is 0 Å². The van der Waals surface area contributed by atoms with Gasteiger partial charge in [0.25, 0.3) is 5.69 Å². The van der Waals surface area contributed by atoms with E-state index in [1.54, 1.807) is 23.2 Å². The summed E-state index contributed by atoms with van der Waals surface area (Å²) in [7, 11) is 0. The molecule has 0 aromatic heterocycles. The molecule has 0 radical (unpaired) electrons. The normalized spacial score (nSPS) is 14.0. The van der Waals surface area contributed by atoms with Crippen molar-refractivity contribution in [3.05, 3.63) is 76.3 Å². The molecule has 1 heterocycles. The maximum atomic E-state index is 13.3. The minimum atomic E-state index is -0.364. The molecule has 1 amide bonds. The van der Waals surface area contributed by atoms with Crippen LogP contribution in [0.3, 0.4) is 0 Å². The van der Waals surface area contributed by atoms with Crippen LogP contribution in [0.5, 0.6) is 5.75 Å². The molecule has 4 rings (SSSR count). The zero-order valence-electron chi connectivity index (χ0n) is 17.5. The van der Waals surface area contributed by atoms with E-state index in [0.29, 0.717) is 25.1 Å². The molecule has 7 nitrogen and oxygen atoms in total. The van der Waals surface area contributed by atoms with E-state index < -0.39 is 0 Å². The van der Waals surface area contributed by atoms with Crippen molar-refractivity contribution in [1.82, 2.24) is 5.01 Å². The molecule has 1 aliphatic heterocycles. The fraction of sp³-hybridized carbons (Fsp3) is 0.292. The molecule has 0 spiro atoms. The van der Waals surface area contributed by atoms with Crippen LogP contribution in [0.4, 0.5) is 11.4 Å².